The number of amides is 1. The predicted molar refractivity (Wildman–Crippen MR) is 59.2 cm³/mol. The molecule has 6 nitrogen and oxygen atoms in total. The van der Waals surface area contributed by atoms with Gasteiger partial charge in [-0.3, -0.25) is 14.6 Å². The van der Waals surface area contributed by atoms with Gasteiger partial charge in [-0.25, -0.2) is 4.79 Å². The molecule has 0 unspecified atom stereocenters. The van der Waals surface area contributed by atoms with Crippen molar-refractivity contribution in [1.29, 1.82) is 0 Å². The monoisotopic (exact) mass is 225 g/mol. The van der Waals surface area contributed by atoms with Crippen LogP contribution in [-0.2, 0) is 11.2 Å². The molecule has 0 fully saturated rings. The van der Waals surface area contributed by atoms with Crippen molar-refractivity contribution in [3.8, 4) is 0 Å². The van der Waals surface area contributed by atoms with E-state index in [1.807, 2.05) is 18.8 Å². The summed E-state index contributed by atoms with van der Waals surface area (Å²) in [5.74, 6) is 0.150. The number of H-pyrrole nitrogens is 2. The third-order valence-electron chi connectivity index (χ3n) is 1.87. The van der Waals surface area contributed by atoms with Gasteiger partial charge in [-0.05, 0) is 5.92 Å². The molecule has 0 aliphatic rings. The fraction of sp³-hybridized carbons (Fsp3) is 0.500. The lowest BCUT2D eigenvalue weighted by Gasteiger charge is -2.06. The van der Waals surface area contributed by atoms with Crippen molar-refractivity contribution < 1.29 is 4.79 Å². The van der Waals surface area contributed by atoms with Crippen LogP contribution in [0.4, 0.5) is 0 Å². The fourth-order valence-electron chi connectivity index (χ4n) is 1.17. The summed E-state index contributed by atoms with van der Waals surface area (Å²) in [7, 11) is 0. The van der Waals surface area contributed by atoms with E-state index < -0.39 is 11.2 Å². The molecule has 88 valence electrons. The van der Waals surface area contributed by atoms with Crippen LogP contribution in [0.15, 0.2) is 15.7 Å². The number of carbonyl (C=O) groups excluding carboxylic acids is 1. The molecule has 0 atom stereocenters. The molecule has 0 saturated carbocycles. The third kappa shape index (κ3) is 4.12. The Morgan fingerprint density at radius 1 is 1.38 bits per heavy atom. The van der Waals surface area contributed by atoms with Crippen LogP contribution in [0.1, 0.15) is 19.5 Å². The van der Waals surface area contributed by atoms with Gasteiger partial charge in [0.2, 0.25) is 5.91 Å². The lowest BCUT2D eigenvalue weighted by atomic mass is 10.2. The summed E-state index contributed by atoms with van der Waals surface area (Å²) < 4.78 is 0. The molecule has 1 amide bonds. The Kier molecular flexibility index (Phi) is 4.04. The van der Waals surface area contributed by atoms with Gasteiger partial charge < -0.3 is 10.3 Å². The lowest BCUT2D eigenvalue weighted by molar-refractivity contribution is -0.120. The molecule has 0 radical (unpaired) electrons. The first-order valence-electron chi connectivity index (χ1n) is 5.06. The van der Waals surface area contributed by atoms with Crippen molar-refractivity contribution in [1.82, 2.24) is 15.3 Å². The zero-order valence-corrected chi connectivity index (χ0v) is 9.29. The highest BCUT2D eigenvalue weighted by atomic mass is 16.2. The van der Waals surface area contributed by atoms with Gasteiger partial charge in [0.1, 0.15) is 0 Å². The highest BCUT2D eigenvalue weighted by Crippen LogP contribution is 1.90. The van der Waals surface area contributed by atoms with Crippen molar-refractivity contribution in [2.75, 3.05) is 6.54 Å². The summed E-state index contributed by atoms with van der Waals surface area (Å²) in [6, 6.07) is 1.20. The van der Waals surface area contributed by atoms with Crippen LogP contribution in [0.3, 0.4) is 0 Å². The summed E-state index contributed by atoms with van der Waals surface area (Å²) in [5, 5.41) is 2.70. The maximum absolute atomic E-state index is 11.4. The Morgan fingerprint density at radius 2 is 2.06 bits per heavy atom. The Hall–Kier alpha value is -1.85. The van der Waals surface area contributed by atoms with E-state index in [0.717, 1.165) is 0 Å². The highest BCUT2D eigenvalue weighted by molar-refractivity contribution is 5.77. The average molecular weight is 225 g/mol. The van der Waals surface area contributed by atoms with Gasteiger partial charge in [0.15, 0.2) is 0 Å². The zero-order valence-electron chi connectivity index (χ0n) is 9.29. The number of aromatic amines is 2. The summed E-state index contributed by atoms with van der Waals surface area (Å²) in [4.78, 5) is 37.7. The average Bonchev–Trinajstić information content (AvgIpc) is 2.12. The van der Waals surface area contributed by atoms with Gasteiger partial charge in [0.05, 0.1) is 6.42 Å². The quantitative estimate of drug-likeness (QED) is 0.637. The van der Waals surface area contributed by atoms with Crippen molar-refractivity contribution in [3.63, 3.8) is 0 Å². The van der Waals surface area contributed by atoms with Crippen molar-refractivity contribution >= 4 is 5.91 Å². The minimum atomic E-state index is -0.598. The van der Waals surface area contributed by atoms with Crippen LogP contribution in [0.25, 0.3) is 0 Å². The van der Waals surface area contributed by atoms with Crippen molar-refractivity contribution in [2.24, 2.45) is 5.92 Å². The first-order valence-corrected chi connectivity index (χ1v) is 5.06. The topological polar surface area (TPSA) is 94.8 Å². The molecule has 1 rings (SSSR count). The first kappa shape index (κ1) is 12.2. The van der Waals surface area contributed by atoms with E-state index in [1.54, 1.807) is 0 Å². The molecule has 3 N–H and O–H groups in total. The highest BCUT2D eigenvalue weighted by Gasteiger charge is 2.05. The molecule has 0 aliphatic carbocycles. The number of hydrogen-bond donors (Lipinski definition) is 3. The molecule has 0 bridgehead atoms. The SMILES string of the molecule is CC(C)CNC(=O)Cc1cc(=O)[nH]c(=O)[nH]1. The summed E-state index contributed by atoms with van der Waals surface area (Å²) in [6.07, 6.45) is 0.00583. The molecule has 0 spiro atoms. The summed E-state index contributed by atoms with van der Waals surface area (Å²) in [5.41, 5.74) is -0.787. The van der Waals surface area contributed by atoms with Gasteiger partial charge in [-0.2, -0.15) is 0 Å². The number of aromatic nitrogens is 2. The van der Waals surface area contributed by atoms with E-state index in [9.17, 15) is 14.4 Å². The molecule has 1 aromatic rings. The minimum Gasteiger partial charge on any atom is -0.356 e. The second-order valence-electron chi connectivity index (χ2n) is 3.99. The number of nitrogens with one attached hydrogen (secondary N) is 3. The Bertz CT molecular complexity index is 444. The second-order valence-corrected chi connectivity index (χ2v) is 3.99. The summed E-state index contributed by atoms with van der Waals surface area (Å²) >= 11 is 0. The van der Waals surface area contributed by atoms with E-state index in [1.165, 1.54) is 6.07 Å². The molecule has 0 saturated heterocycles. The zero-order chi connectivity index (χ0) is 12.1. The minimum absolute atomic E-state index is 0.00583. The van der Waals surface area contributed by atoms with E-state index in [-0.39, 0.29) is 12.3 Å². The van der Waals surface area contributed by atoms with Crippen LogP contribution < -0.4 is 16.6 Å². The van der Waals surface area contributed by atoms with Crippen LogP contribution in [0.5, 0.6) is 0 Å². The Labute approximate surface area is 92.1 Å². The molecular weight excluding hydrogens is 210 g/mol. The summed E-state index contributed by atoms with van der Waals surface area (Å²) in [6.45, 7) is 4.54. The molecule has 0 aromatic carbocycles. The van der Waals surface area contributed by atoms with E-state index in [0.29, 0.717) is 18.2 Å². The van der Waals surface area contributed by atoms with Crippen LogP contribution in [0, 0.1) is 5.92 Å². The van der Waals surface area contributed by atoms with Crippen molar-refractivity contribution in [3.05, 3.63) is 32.6 Å². The normalized spacial score (nSPS) is 10.4. The number of rotatable bonds is 4. The van der Waals surface area contributed by atoms with Gasteiger partial charge in [-0.15, -0.1) is 0 Å². The van der Waals surface area contributed by atoms with Gasteiger partial charge in [0, 0.05) is 18.3 Å². The van der Waals surface area contributed by atoms with Crippen LogP contribution in [-0.4, -0.2) is 22.4 Å². The molecular formula is C10H15N3O3. The smallest absolute Gasteiger partial charge is 0.325 e. The second kappa shape index (κ2) is 5.29. The van der Waals surface area contributed by atoms with Crippen molar-refractivity contribution in [2.45, 2.75) is 20.3 Å². The molecule has 16 heavy (non-hydrogen) atoms. The molecule has 1 aromatic heterocycles. The standard InChI is InChI=1S/C10H15N3O3/c1-6(2)5-11-8(14)3-7-4-9(15)13-10(16)12-7/h4,6H,3,5H2,1-2H3,(H,11,14)(H2,12,13,15,16). The van der Waals surface area contributed by atoms with Crippen LogP contribution >= 0.6 is 0 Å². The third-order valence-corrected chi connectivity index (χ3v) is 1.87. The van der Waals surface area contributed by atoms with Gasteiger partial charge in [-0.1, -0.05) is 13.8 Å². The lowest BCUT2D eigenvalue weighted by Crippen LogP contribution is -2.31. The number of carbonyl (C=O) groups is 1. The van der Waals surface area contributed by atoms with Gasteiger partial charge in [0.25, 0.3) is 5.56 Å². The maximum Gasteiger partial charge on any atom is 0.325 e. The van der Waals surface area contributed by atoms with E-state index in [4.69, 9.17) is 0 Å². The predicted octanol–water partition coefficient (Wildman–Crippen LogP) is -0.622. The molecule has 1 heterocycles. The number of hydrogen-bond acceptors (Lipinski definition) is 3. The molecule has 0 aliphatic heterocycles. The van der Waals surface area contributed by atoms with Crippen LogP contribution in [0.2, 0.25) is 0 Å². The molecule has 6 heteroatoms. The maximum atomic E-state index is 11.4. The Morgan fingerprint density at radius 3 is 2.62 bits per heavy atom. The van der Waals surface area contributed by atoms with Gasteiger partial charge >= 0.3 is 5.69 Å². The largest absolute Gasteiger partial charge is 0.356 e. The van der Waals surface area contributed by atoms with E-state index in [2.05, 4.69) is 10.3 Å². The Balaban J connectivity index is 2.63. The first-order chi connectivity index (χ1) is 7.47. The van der Waals surface area contributed by atoms with E-state index >= 15 is 0 Å². The fourth-order valence-corrected chi connectivity index (χ4v) is 1.17.